The monoisotopic (exact) mass is 409 g/mol. The summed E-state index contributed by atoms with van der Waals surface area (Å²) in [7, 11) is 3.02. The van der Waals surface area contributed by atoms with Gasteiger partial charge in [-0.05, 0) is 18.2 Å². The number of nitrogens with zero attached hydrogens (tertiary/aromatic N) is 5. The standard InChI is InChI=1S/C20H16FN5O4/c1-24-14-5-3-4-6-15(14)25(20(24)27)19-7-8-22-18(23-19)10-12-9-16(26(28)29)13(21)11-17(12)30-2/h3-9,11H,10H2,1-2H3. The molecule has 0 bridgehead atoms. The van der Waals surface area contributed by atoms with Crippen molar-refractivity contribution in [2.75, 3.05) is 7.11 Å². The van der Waals surface area contributed by atoms with Crippen molar-refractivity contribution in [3.63, 3.8) is 0 Å². The van der Waals surface area contributed by atoms with E-state index in [1.165, 1.54) is 22.4 Å². The number of nitro benzene ring substituents is 1. The summed E-state index contributed by atoms with van der Waals surface area (Å²) in [5.41, 5.74) is 0.860. The number of methoxy groups -OCH3 is 1. The van der Waals surface area contributed by atoms with E-state index in [2.05, 4.69) is 9.97 Å². The Morgan fingerprint density at radius 3 is 2.63 bits per heavy atom. The number of aryl methyl sites for hydroxylation is 1. The lowest BCUT2D eigenvalue weighted by Gasteiger charge is -2.09. The molecule has 2 aromatic heterocycles. The fourth-order valence-corrected chi connectivity index (χ4v) is 3.34. The van der Waals surface area contributed by atoms with Crippen molar-refractivity contribution in [3.8, 4) is 11.6 Å². The van der Waals surface area contributed by atoms with Gasteiger partial charge in [-0.2, -0.15) is 4.39 Å². The second-order valence-corrected chi connectivity index (χ2v) is 6.55. The molecule has 0 atom stereocenters. The first-order valence-corrected chi connectivity index (χ1v) is 8.90. The molecule has 2 heterocycles. The van der Waals surface area contributed by atoms with Crippen LogP contribution in [0.2, 0.25) is 0 Å². The first-order valence-electron chi connectivity index (χ1n) is 8.90. The molecule has 10 heteroatoms. The summed E-state index contributed by atoms with van der Waals surface area (Å²) in [6.45, 7) is 0. The van der Waals surface area contributed by atoms with Crippen molar-refractivity contribution >= 4 is 16.7 Å². The van der Waals surface area contributed by atoms with Gasteiger partial charge in [-0.25, -0.2) is 19.3 Å². The molecule has 0 radical (unpaired) electrons. The first kappa shape index (κ1) is 19.2. The summed E-state index contributed by atoms with van der Waals surface area (Å²) in [4.78, 5) is 31.7. The second-order valence-electron chi connectivity index (χ2n) is 6.55. The largest absolute Gasteiger partial charge is 0.496 e. The predicted octanol–water partition coefficient (Wildman–Crippen LogP) is 2.77. The summed E-state index contributed by atoms with van der Waals surface area (Å²) in [6, 6.07) is 11.0. The lowest BCUT2D eigenvalue weighted by Crippen LogP contribution is -2.22. The van der Waals surface area contributed by atoms with Gasteiger partial charge in [-0.1, -0.05) is 12.1 Å². The predicted molar refractivity (Wildman–Crippen MR) is 107 cm³/mol. The number of para-hydroxylation sites is 2. The van der Waals surface area contributed by atoms with Crippen LogP contribution < -0.4 is 10.4 Å². The molecule has 152 valence electrons. The van der Waals surface area contributed by atoms with Crippen molar-refractivity contribution in [2.24, 2.45) is 7.05 Å². The fraction of sp³-hybridized carbons (Fsp3) is 0.150. The average molecular weight is 409 g/mol. The van der Waals surface area contributed by atoms with E-state index in [0.717, 1.165) is 17.6 Å². The van der Waals surface area contributed by atoms with Gasteiger partial charge in [0.15, 0.2) is 0 Å². The highest BCUT2D eigenvalue weighted by atomic mass is 19.1. The molecule has 9 nitrogen and oxygen atoms in total. The van der Waals surface area contributed by atoms with Crippen molar-refractivity contribution < 1.29 is 14.1 Å². The third kappa shape index (κ3) is 3.17. The van der Waals surface area contributed by atoms with Gasteiger partial charge in [0.05, 0.1) is 23.1 Å². The molecule has 0 amide bonds. The smallest absolute Gasteiger partial charge is 0.334 e. The normalized spacial score (nSPS) is 11.0. The maximum Gasteiger partial charge on any atom is 0.334 e. The van der Waals surface area contributed by atoms with Crippen molar-refractivity contribution in [2.45, 2.75) is 6.42 Å². The number of halogens is 1. The lowest BCUT2D eigenvalue weighted by molar-refractivity contribution is -0.387. The number of imidazole rings is 1. The fourth-order valence-electron chi connectivity index (χ4n) is 3.34. The summed E-state index contributed by atoms with van der Waals surface area (Å²) < 4.78 is 22.0. The van der Waals surface area contributed by atoms with Crippen LogP contribution in [-0.4, -0.2) is 31.1 Å². The molecule has 30 heavy (non-hydrogen) atoms. The van der Waals surface area contributed by atoms with E-state index in [1.54, 1.807) is 13.1 Å². The van der Waals surface area contributed by atoms with Crippen LogP contribution in [-0.2, 0) is 13.5 Å². The number of hydrogen-bond donors (Lipinski definition) is 0. The number of hydrogen-bond acceptors (Lipinski definition) is 6. The molecule has 0 saturated carbocycles. The lowest BCUT2D eigenvalue weighted by atomic mass is 10.1. The molecular formula is C20H16FN5O4. The van der Waals surface area contributed by atoms with Gasteiger partial charge in [0.1, 0.15) is 17.4 Å². The Labute approximate surface area is 169 Å². The number of nitro groups is 1. The SMILES string of the molecule is COc1cc(F)c([N+](=O)[O-])cc1Cc1nccc(-n2c(=O)n(C)c3ccccc32)n1. The van der Waals surface area contributed by atoms with Gasteiger partial charge in [-0.15, -0.1) is 0 Å². The van der Waals surface area contributed by atoms with E-state index in [0.29, 0.717) is 22.7 Å². The average Bonchev–Trinajstić information content (AvgIpc) is 2.99. The zero-order valence-electron chi connectivity index (χ0n) is 16.1. The number of fused-ring (bicyclic) bond motifs is 1. The Bertz CT molecular complexity index is 1350. The van der Waals surface area contributed by atoms with Crippen LogP contribution in [0.3, 0.4) is 0 Å². The van der Waals surface area contributed by atoms with Crippen LogP contribution in [0.15, 0.2) is 53.5 Å². The molecule has 0 aliphatic rings. The summed E-state index contributed by atoms with van der Waals surface area (Å²) in [5, 5.41) is 11.1. The van der Waals surface area contributed by atoms with Crippen LogP contribution in [0.5, 0.6) is 5.75 Å². The Kier molecular flexibility index (Phi) is 4.74. The summed E-state index contributed by atoms with van der Waals surface area (Å²) in [5.74, 6) is -0.184. The molecule has 0 saturated heterocycles. The molecule has 0 aliphatic heterocycles. The van der Waals surface area contributed by atoms with Crippen LogP contribution in [0.4, 0.5) is 10.1 Å². The van der Waals surface area contributed by atoms with E-state index in [-0.39, 0.29) is 17.9 Å². The third-order valence-electron chi connectivity index (χ3n) is 4.78. The van der Waals surface area contributed by atoms with Crippen molar-refractivity contribution in [1.82, 2.24) is 19.1 Å². The Morgan fingerprint density at radius 2 is 1.93 bits per heavy atom. The van der Waals surface area contributed by atoms with E-state index in [9.17, 15) is 19.3 Å². The number of ether oxygens (including phenoxy) is 1. The number of benzene rings is 2. The third-order valence-corrected chi connectivity index (χ3v) is 4.78. The second kappa shape index (κ2) is 7.39. The van der Waals surface area contributed by atoms with Crippen LogP contribution >= 0.6 is 0 Å². The van der Waals surface area contributed by atoms with Crippen molar-refractivity contribution in [3.05, 3.63) is 86.5 Å². The topological polar surface area (TPSA) is 105 Å². The Morgan fingerprint density at radius 1 is 1.20 bits per heavy atom. The van der Waals surface area contributed by atoms with Crippen LogP contribution in [0.25, 0.3) is 16.9 Å². The molecule has 4 rings (SSSR count). The van der Waals surface area contributed by atoms with Gasteiger partial charge in [0, 0.05) is 37.4 Å². The highest BCUT2D eigenvalue weighted by Gasteiger charge is 2.20. The van der Waals surface area contributed by atoms with E-state index in [1.807, 2.05) is 24.3 Å². The number of aromatic nitrogens is 4. The molecule has 0 fully saturated rings. The van der Waals surface area contributed by atoms with E-state index < -0.39 is 16.4 Å². The van der Waals surface area contributed by atoms with Crippen LogP contribution in [0.1, 0.15) is 11.4 Å². The van der Waals surface area contributed by atoms with E-state index in [4.69, 9.17) is 4.74 Å². The molecule has 0 unspecified atom stereocenters. The molecule has 2 aromatic carbocycles. The summed E-state index contributed by atoms with van der Waals surface area (Å²) in [6.07, 6.45) is 1.55. The van der Waals surface area contributed by atoms with Crippen LogP contribution in [0, 0.1) is 15.9 Å². The highest BCUT2D eigenvalue weighted by Crippen LogP contribution is 2.29. The quantitative estimate of drug-likeness (QED) is 0.371. The minimum absolute atomic E-state index is 0.0532. The molecule has 0 spiro atoms. The van der Waals surface area contributed by atoms with Crippen molar-refractivity contribution in [1.29, 1.82) is 0 Å². The number of rotatable bonds is 5. The zero-order valence-corrected chi connectivity index (χ0v) is 16.1. The molecule has 0 N–H and O–H groups in total. The van der Waals surface area contributed by atoms with Gasteiger partial charge < -0.3 is 4.74 Å². The highest BCUT2D eigenvalue weighted by molar-refractivity contribution is 5.77. The minimum atomic E-state index is -0.988. The molecule has 4 aromatic rings. The maximum atomic E-state index is 13.9. The van der Waals surface area contributed by atoms with Gasteiger partial charge >= 0.3 is 11.4 Å². The van der Waals surface area contributed by atoms with Gasteiger partial charge in [0.25, 0.3) is 0 Å². The van der Waals surface area contributed by atoms with Gasteiger partial charge in [-0.3, -0.25) is 14.7 Å². The Hall–Kier alpha value is -4.08. The van der Waals surface area contributed by atoms with E-state index >= 15 is 0 Å². The molecule has 0 aliphatic carbocycles. The maximum absolute atomic E-state index is 13.9. The zero-order chi connectivity index (χ0) is 21.4. The molecular weight excluding hydrogens is 393 g/mol. The Balaban J connectivity index is 1.80. The summed E-state index contributed by atoms with van der Waals surface area (Å²) >= 11 is 0. The first-order chi connectivity index (χ1) is 14.4. The van der Waals surface area contributed by atoms with Gasteiger partial charge in [0.2, 0.25) is 5.82 Å². The minimum Gasteiger partial charge on any atom is -0.496 e.